The number of hydrogen-bond donors (Lipinski definition) is 1. The number of nitrogens with zero attached hydrogens (tertiary/aromatic N) is 1. The summed E-state index contributed by atoms with van der Waals surface area (Å²) in [5.74, 6) is 2.08. The monoisotopic (exact) mass is 320 g/mol. The van der Waals surface area contributed by atoms with Crippen LogP contribution in [-0.2, 0) is 16.0 Å². The number of nitrogens with one attached hydrogen (secondary N) is 1. The largest absolute Gasteiger partial charge is 0.378 e. The van der Waals surface area contributed by atoms with Gasteiger partial charge in [-0.15, -0.1) is 11.8 Å². The van der Waals surface area contributed by atoms with E-state index in [1.807, 2.05) is 11.0 Å². The molecule has 2 heterocycles. The Kier molecular flexibility index (Phi) is 5.76. The van der Waals surface area contributed by atoms with Crippen molar-refractivity contribution in [2.45, 2.75) is 31.4 Å². The first-order valence-electron chi connectivity index (χ1n) is 8.08. The van der Waals surface area contributed by atoms with Gasteiger partial charge in [-0.05, 0) is 24.8 Å². The third-order valence-electron chi connectivity index (χ3n) is 4.36. The highest BCUT2D eigenvalue weighted by molar-refractivity contribution is 7.99. The fraction of sp³-hybridized carbons (Fsp3) is 0.588. The lowest BCUT2D eigenvalue weighted by molar-refractivity contribution is -0.135. The molecule has 22 heavy (non-hydrogen) atoms. The van der Waals surface area contributed by atoms with Crippen LogP contribution >= 0.6 is 11.8 Å². The summed E-state index contributed by atoms with van der Waals surface area (Å²) in [5, 5.41) is 3.26. The Morgan fingerprint density at radius 3 is 2.73 bits per heavy atom. The number of carbonyl (C=O) groups excluding carboxylic acids is 1. The molecule has 1 N–H and O–H groups in total. The van der Waals surface area contributed by atoms with E-state index in [-0.39, 0.29) is 11.9 Å². The Bertz CT molecular complexity index is 469. The normalized spacial score (nSPS) is 22.9. The molecular formula is C17H24N2O2S. The molecule has 2 fully saturated rings. The summed E-state index contributed by atoms with van der Waals surface area (Å²) < 4.78 is 5.98. The Morgan fingerprint density at radius 1 is 1.27 bits per heavy atom. The van der Waals surface area contributed by atoms with Gasteiger partial charge in [0.25, 0.3) is 0 Å². The lowest BCUT2D eigenvalue weighted by Crippen LogP contribution is -2.49. The molecule has 2 aliphatic heterocycles. The van der Waals surface area contributed by atoms with Crippen molar-refractivity contribution in [3.63, 3.8) is 0 Å². The summed E-state index contributed by atoms with van der Waals surface area (Å²) in [4.78, 5) is 14.3. The second kappa shape index (κ2) is 7.99. The predicted molar refractivity (Wildman–Crippen MR) is 89.9 cm³/mol. The van der Waals surface area contributed by atoms with Crippen molar-refractivity contribution in [1.82, 2.24) is 10.2 Å². The summed E-state index contributed by atoms with van der Waals surface area (Å²) in [6, 6.07) is 10.5. The predicted octanol–water partition coefficient (Wildman–Crippen LogP) is 1.90. The number of carbonyl (C=O) groups is 1. The molecule has 0 saturated carbocycles. The van der Waals surface area contributed by atoms with E-state index < -0.39 is 0 Å². The highest BCUT2D eigenvalue weighted by atomic mass is 32.2. The fourth-order valence-corrected chi connectivity index (χ4v) is 3.94. The second-order valence-electron chi connectivity index (χ2n) is 5.90. The third kappa shape index (κ3) is 4.24. The van der Waals surface area contributed by atoms with Crippen molar-refractivity contribution in [2.75, 3.05) is 31.3 Å². The molecule has 1 unspecified atom stereocenters. The fourth-order valence-electron chi connectivity index (χ4n) is 3.01. The number of hydrogen-bond acceptors (Lipinski definition) is 4. The standard InChI is InChI=1S/C17H24N2O2S/c20-17(16-12-22-13-18-16)19-9-6-15(7-10-19)21-11-8-14-4-2-1-3-5-14/h1-5,15-16,18H,6-13H2. The van der Waals surface area contributed by atoms with E-state index in [0.717, 1.165) is 50.6 Å². The zero-order valence-electron chi connectivity index (χ0n) is 12.9. The minimum atomic E-state index is 0.0283. The summed E-state index contributed by atoms with van der Waals surface area (Å²) in [6.07, 6.45) is 3.18. The van der Waals surface area contributed by atoms with Gasteiger partial charge < -0.3 is 9.64 Å². The highest BCUT2D eigenvalue weighted by Gasteiger charge is 2.30. The molecule has 5 heteroatoms. The first-order valence-corrected chi connectivity index (χ1v) is 9.24. The molecule has 1 aromatic carbocycles. The zero-order valence-corrected chi connectivity index (χ0v) is 13.7. The molecule has 4 nitrogen and oxygen atoms in total. The van der Waals surface area contributed by atoms with Crippen LogP contribution in [-0.4, -0.2) is 54.3 Å². The Morgan fingerprint density at radius 2 is 2.05 bits per heavy atom. The average molecular weight is 320 g/mol. The molecule has 1 aromatic rings. The number of rotatable bonds is 5. The molecule has 1 amide bonds. The molecule has 1 atom stereocenters. The summed E-state index contributed by atoms with van der Waals surface area (Å²) in [7, 11) is 0. The van der Waals surface area contributed by atoms with Crippen LogP contribution in [0, 0.1) is 0 Å². The molecule has 2 aliphatic rings. The van der Waals surface area contributed by atoms with Gasteiger partial charge in [0.05, 0.1) is 18.8 Å². The highest BCUT2D eigenvalue weighted by Crippen LogP contribution is 2.18. The van der Waals surface area contributed by atoms with Crippen LogP contribution < -0.4 is 5.32 Å². The van der Waals surface area contributed by atoms with E-state index in [1.165, 1.54) is 5.56 Å². The van der Waals surface area contributed by atoms with Gasteiger partial charge in [-0.3, -0.25) is 10.1 Å². The van der Waals surface area contributed by atoms with Crippen molar-refractivity contribution in [2.24, 2.45) is 0 Å². The second-order valence-corrected chi connectivity index (χ2v) is 6.93. The van der Waals surface area contributed by atoms with Crippen molar-refractivity contribution < 1.29 is 9.53 Å². The van der Waals surface area contributed by atoms with Crippen molar-refractivity contribution >= 4 is 17.7 Å². The van der Waals surface area contributed by atoms with E-state index >= 15 is 0 Å². The Labute approximate surface area is 136 Å². The molecule has 2 saturated heterocycles. The van der Waals surface area contributed by atoms with Crippen LogP contribution in [0.3, 0.4) is 0 Å². The minimum Gasteiger partial charge on any atom is -0.378 e. The van der Waals surface area contributed by atoms with E-state index in [0.29, 0.717) is 6.10 Å². The van der Waals surface area contributed by atoms with Gasteiger partial charge in [0.1, 0.15) is 0 Å². The Hall–Kier alpha value is -1.04. The SMILES string of the molecule is O=C(C1CSCN1)N1CCC(OCCc2ccccc2)CC1. The van der Waals surface area contributed by atoms with Gasteiger partial charge in [-0.25, -0.2) is 0 Å². The summed E-state index contributed by atoms with van der Waals surface area (Å²) in [5.41, 5.74) is 1.32. The first kappa shape index (κ1) is 15.8. The summed E-state index contributed by atoms with van der Waals surface area (Å²) in [6.45, 7) is 2.43. The maximum atomic E-state index is 12.3. The van der Waals surface area contributed by atoms with Crippen LogP contribution in [0.15, 0.2) is 30.3 Å². The lowest BCUT2D eigenvalue weighted by Gasteiger charge is -2.33. The molecule has 0 spiro atoms. The van der Waals surface area contributed by atoms with Crippen LogP contribution in [0.1, 0.15) is 18.4 Å². The quantitative estimate of drug-likeness (QED) is 0.900. The molecule has 0 bridgehead atoms. The van der Waals surface area contributed by atoms with Crippen LogP contribution in [0.25, 0.3) is 0 Å². The van der Waals surface area contributed by atoms with Crippen LogP contribution in [0.5, 0.6) is 0 Å². The number of likely N-dealkylation sites (tertiary alicyclic amines) is 1. The van der Waals surface area contributed by atoms with Gasteiger partial charge in [-0.2, -0.15) is 0 Å². The minimum absolute atomic E-state index is 0.0283. The number of thioether (sulfide) groups is 1. The molecule has 0 aliphatic carbocycles. The maximum absolute atomic E-state index is 12.3. The lowest BCUT2D eigenvalue weighted by atomic mass is 10.1. The maximum Gasteiger partial charge on any atom is 0.240 e. The Balaban J connectivity index is 1.36. The molecule has 120 valence electrons. The molecule has 3 rings (SSSR count). The number of benzene rings is 1. The van der Waals surface area contributed by atoms with Gasteiger partial charge in [0.15, 0.2) is 0 Å². The molecule has 0 radical (unpaired) electrons. The van der Waals surface area contributed by atoms with Crippen molar-refractivity contribution in [3.8, 4) is 0 Å². The first-order chi connectivity index (χ1) is 10.8. The van der Waals surface area contributed by atoms with Gasteiger partial charge >= 0.3 is 0 Å². The smallest absolute Gasteiger partial charge is 0.240 e. The summed E-state index contributed by atoms with van der Waals surface area (Å²) >= 11 is 1.80. The number of amides is 1. The molecular weight excluding hydrogens is 296 g/mol. The third-order valence-corrected chi connectivity index (χ3v) is 5.30. The van der Waals surface area contributed by atoms with Crippen molar-refractivity contribution in [1.29, 1.82) is 0 Å². The van der Waals surface area contributed by atoms with Crippen molar-refractivity contribution in [3.05, 3.63) is 35.9 Å². The van der Waals surface area contributed by atoms with Crippen LogP contribution in [0.4, 0.5) is 0 Å². The van der Waals surface area contributed by atoms with Gasteiger partial charge in [0, 0.05) is 24.7 Å². The van der Waals surface area contributed by atoms with E-state index in [9.17, 15) is 4.79 Å². The average Bonchev–Trinajstić information content (AvgIpc) is 3.10. The van der Waals surface area contributed by atoms with E-state index in [1.54, 1.807) is 11.8 Å². The number of ether oxygens (including phenoxy) is 1. The van der Waals surface area contributed by atoms with E-state index in [4.69, 9.17) is 4.74 Å². The zero-order chi connectivity index (χ0) is 15.2. The van der Waals surface area contributed by atoms with E-state index in [2.05, 4.69) is 29.6 Å². The molecule has 0 aromatic heterocycles. The van der Waals surface area contributed by atoms with Crippen LogP contribution in [0.2, 0.25) is 0 Å². The topological polar surface area (TPSA) is 41.6 Å². The van der Waals surface area contributed by atoms with Gasteiger partial charge in [0.2, 0.25) is 5.91 Å². The number of piperidine rings is 1. The van der Waals surface area contributed by atoms with Gasteiger partial charge in [-0.1, -0.05) is 30.3 Å².